The van der Waals surface area contributed by atoms with Gasteiger partial charge >= 0.3 is 0 Å². The van der Waals surface area contributed by atoms with E-state index in [2.05, 4.69) is 63.1 Å². The van der Waals surface area contributed by atoms with Crippen molar-refractivity contribution in [3.63, 3.8) is 0 Å². The number of phenols is 1. The minimum atomic E-state index is -1.72. The highest BCUT2D eigenvalue weighted by Gasteiger charge is 2.46. The number of aliphatic hydroxyl groups excluding tert-OH is 1. The van der Waals surface area contributed by atoms with Gasteiger partial charge in [-0.05, 0) is 118 Å². The normalized spacial score (nSPS) is 24.7. The highest BCUT2D eigenvalue weighted by molar-refractivity contribution is 8.00. The van der Waals surface area contributed by atoms with E-state index in [1.807, 2.05) is 57.2 Å². The smallest absolute Gasteiger partial charge is 0.246 e. The molecule has 3 saturated heterocycles. The Bertz CT molecular complexity index is 4850. The average Bonchev–Trinajstić information content (AvgIpc) is 1.61. The highest BCUT2D eigenvalue weighted by atomic mass is 32.2. The highest BCUT2D eigenvalue weighted by Crippen LogP contribution is 2.30. The van der Waals surface area contributed by atoms with E-state index >= 15 is 28.8 Å². The van der Waals surface area contributed by atoms with Gasteiger partial charge in [0.2, 0.25) is 94.5 Å². The van der Waals surface area contributed by atoms with Crippen LogP contribution in [-0.2, 0) is 101 Å². The molecule has 2 aromatic heterocycles. The van der Waals surface area contributed by atoms with Crippen molar-refractivity contribution in [3.8, 4) is 5.75 Å². The predicted molar refractivity (Wildman–Crippen MR) is 492 cm³/mol. The van der Waals surface area contributed by atoms with Gasteiger partial charge in [-0.15, -0.1) is 11.8 Å². The molecule has 5 heterocycles. The van der Waals surface area contributed by atoms with Gasteiger partial charge in [-0.3, -0.25) is 81.5 Å². The number of para-hydroxylation sites is 2. The molecule has 716 valence electrons. The molecular formula is C93H134N18O19S. The summed E-state index contributed by atoms with van der Waals surface area (Å²) in [5.74, 6) is -16.4. The molecule has 16 amide bonds. The Morgan fingerprint density at radius 2 is 1.10 bits per heavy atom. The lowest BCUT2D eigenvalue weighted by molar-refractivity contribution is -0.149. The summed E-state index contributed by atoms with van der Waals surface area (Å²) >= 11 is 0.844. The second-order valence-corrected chi connectivity index (χ2v) is 36.4. The number of unbranched alkanes of at least 4 members (excludes halogenated alkanes) is 3. The number of rotatable bonds is 25. The number of thioether (sulfide) groups is 1. The third-order valence-electron chi connectivity index (χ3n) is 24.2. The number of aromatic hydroxyl groups is 1. The quantitative estimate of drug-likeness (QED) is 0.0373. The fourth-order valence-corrected chi connectivity index (χ4v) is 17.6. The molecule has 131 heavy (non-hydrogen) atoms. The van der Waals surface area contributed by atoms with Crippen molar-refractivity contribution in [2.75, 3.05) is 65.4 Å². The zero-order valence-corrected chi connectivity index (χ0v) is 78.1. The molecule has 0 spiro atoms. The number of nitrogens with zero attached hydrogens (tertiary/aromatic N) is 5. The van der Waals surface area contributed by atoms with Crippen LogP contribution in [0.15, 0.2) is 85.2 Å². The number of nitrogens with two attached hydrogens (primary N) is 1. The molecule has 0 saturated carbocycles. The number of nitrogens with one attached hydrogen (secondary N) is 12. The Hall–Kier alpha value is -12.0. The Kier molecular flexibility index (Phi) is 40.2. The third-order valence-corrected chi connectivity index (χ3v) is 25.3. The largest absolute Gasteiger partial charge is 0.508 e. The van der Waals surface area contributed by atoms with Gasteiger partial charge in [0.1, 0.15) is 72.2 Å². The van der Waals surface area contributed by atoms with Gasteiger partial charge in [0.25, 0.3) is 0 Å². The van der Waals surface area contributed by atoms with Crippen LogP contribution < -0.4 is 58.9 Å². The minimum Gasteiger partial charge on any atom is -0.508 e. The number of likely N-dealkylation sites (N-methyl/N-ethyl adjacent to an activating group) is 3. The Labute approximate surface area is 768 Å². The predicted octanol–water partition coefficient (Wildman–Crippen LogP) is 2.46. The first kappa shape index (κ1) is 104. The van der Waals surface area contributed by atoms with E-state index in [-0.39, 0.29) is 107 Å². The van der Waals surface area contributed by atoms with Crippen molar-refractivity contribution in [1.82, 2.24) is 87.6 Å². The average molecular weight is 1840 g/mol. The summed E-state index contributed by atoms with van der Waals surface area (Å²) in [7, 11) is 4.09. The van der Waals surface area contributed by atoms with Crippen LogP contribution in [0.1, 0.15) is 182 Å². The summed E-state index contributed by atoms with van der Waals surface area (Å²) in [4.78, 5) is 262. The number of fused-ring (bicyclic) bond motifs is 4. The fraction of sp³-hybridized carbons (Fsp3) is 0.581. The van der Waals surface area contributed by atoms with E-state index in [1.165, 1.54) is 67.0 Å². The molecule has 38 heteroatoms. The number of amides is 16. The van der Waals surface area contributed by atoms with Crippen LogP contribution in [0.4, 0.5) is 0 Å². The molecule has 0 radical (unpaired) electrons. The summed E-state index contributed by atoms with van der Waals surface area (Å²) in [6.45, 7) is 14.4. The number of benzene rings is 3. The molecule has 0 bridgehead atoms. The molecule has 5 aromatic rings. The van der Waals surface area contributed by atoms with Gasteiger partial charge in [-0.1, -0.05) is 136 Å². The van der Waals surface area contributed by atoms with Gasteiger partial charge in [0.05, 0.1) is 37.4 Å². The van der Waals surface area contributed by atoms with Crippen LogP contribution in [0.3, 0.4) is 0 Å². The van der Waals surface area contributed by atoms with Gasteiger partial charge in [-0.25, -0.2) is 0 Å². The van der Waals surface area contributed by atoms with Gasteiger partial charge in [-0.2, -0.15) is 0 Å². The summed E-state index contributed by atoms with van der Waals surface area (Å²) in [6, 6.07) is 3.37. The number of primary amides is 1. The van der Waals surface area contributed by atoms with Crippen molar-refractivity contribution < 1.29 is 91.7 Å². The second kappa shape index (κ2) is 50.4. The topological polar surface area (TPSA) is 525 Å². The second-order valence-electron chi connectivity index (χ2n) is 35.3. The number of ketones is 1. The van der Waals surface area contributed by atoms with Crippen molar-refractivity contribution in [3.05, 3.63) is 102 Å². The molecule has 14 atom stereocenters. The molecule has 3 aliphatic rings. The van der Waals surface area contributed by atoms with E-state index in [9.17, 15) is 63.0 Å². The lowest BCUT2D eigenvalue weighted by Gasteiger charge is -2.36. The number of carbonyl (C=O) groups excluding carboxylic acids is 17. The van der Waals surface area contributed by atoms with Crippen LogP contribution >= 0.6 is 11.8 Å². The first-order valence-corrected chi connectivity index (χ1v) is 46.8. The Balaban J connectivity index is 1.17. The van der Waals surface area contributed by atoms with E-state index in [0.29, 0.717) is 71.8 Å². The molecule has 3 aliphatic heterocycles. The van der Waals surface area contributed by atoms with Gasteiger partial charge in [0, 0.05) is 112 Å². The fourth-order valence-electron chi connectivity index (χ4n) is 16.8. The number of H-pyrrole nitrogens is 2. The number of hydrogen-bond acceptors (Lipinski definition) is 20. The number of carbonyl (C=O) groups is 17. The maximum atomic E-state index is 15.6. The summed E-state index contributed by atoms with van der Waals surface area (Å²) in [5, 5.41) is 50.2. The van der Waals surface area contributed by atoms with E-state index in [1.54, 1.807) is 59.1 Å². The molecule has 1 unspecified atom stereocenters. The number of aromatic amines is 2. The van der Waals surface area contributed by atoms with Crippen LogP contribution in [0.2, 0.25) is 0 Å². The van der Waals surface area contributed by atoms with E-state index in [0.717, 1.165) is 33.4 Å². The first-order valence-electron chi connectivity index (χ1n) is 45.6. The number of Topliss-reactive ketones (excluding diaryl/α,β-unsaturated/α-hetero) is 1. The van der Waals surface area contributed by atoms with Crippen LogP contribution in [0.5, 0.6) is 5.75 Å². The Morgan fingerprint density at radius 1 is 0.550 bits per heavy atom. The SMILES string of the molecule is CCCCNC(=O)CNC(=O)[C@@H]1CSCC(=O)N[C@@H](Cc2ccc(O)cc2)C(=O)N(C)[C@@H](C)C(=O)N[C@@H](CC(N)=O)C(=O)N2CCC[C@H]2C(=O)N[C@@H](CC)C(=O)N[C@@H](CC(C)C)C(=O)N2C[C@H](O)C[C@H]2C(=O)C[C@@H](Cc2c[nH]c3ccccc23)C(=O)NCC(=O)NC(Cc2c[nH]c3ccccc23)C(=O)N(C)[C@@H](CCCC)C(=O)N(C)[C@@H](CCCC)C(=O)N[C@@H](CC(C)C)C(=O)N1. The standard InChI is InChI=1S/C93H134N18O19S/c1-13-17-29-73-87(124)103-67(38-53(5)6)86(123)106-72(84(121)99-48-79(116)95-36-19-15-3)51-131-52-81(118)101-69(40-56-32-34-60(112)35-33-56)89(126)107(10)55(9)82(119)104-71(45-78(94)115)91(128)110-37-24-31-74(110)88(125)102-64(16-4)85(122)105-68(39-54(7)8)92(129)111-50-61(113)44-76(111)77(114)43-57(41-58-46-96-65-27-22-20-25-62(58)65)83(120)98-49-80(117)100-70(42-59-47-97-66-28-23-21-26-63(59)66)90(127)109(12)75(30-18-14-2)93(130)108(73)11/h20-23,25-28,32-35,46-47,53-55,57,61,64,67-76,96-97,112-113H,13-19,24,29-31,36-45,48-52H2,1-12H3,(H2,94,115)(H,95,116)(H,98,120)(H,99,121)(H,100,117)(H,101,118)(H,102,125)(H,103,124)(H,104,119)(H,105,122)(H,106,123)/t55-,57+,61+,64-,67-,68-,69-,70?,71-,72-,73-,74-,75-,76-/m0/s1. The van der Waals surface area contributed by atoms with Crippen molar-refractivity contribution in [2.45, 2.75) is 263 Å². The van der Waals surface area contributed by atoms with Crippen LogP contribution in [0, 0.1) is 17.8 Å². The van der Waals surface area contributed by atoms with E-state index in [4.69, 9.17) is 5.73 Å². The van der Waals surface area contributed by atoms with Crippen molar-refractivity contribution in [1.29, 1.82) is 0 Å². The number of hydrogen-bond donors (Lipinski definition) is 15. The lowest BCUT2D eigenvalue weighted by Crippen LogP contribution is -2.60. The zero-order valence-electron chi connectivity index (χ0n) is 77.3. The lowest BCUT2D eigenvalue weighted by atomic mass is 9.90. The summed E-state index contributed by atoms with van der Waals surface area (Å²) in [6.07, 6.45) is 3.80. The van der Waals surface area contributed by atoms with Crippen LogP contribution in [-0.4, -0.2) is 289 Å². The molecule has 0 aliphatic carbocycles. The van der Waals surface area contributed by atoms with Crippen molar-refractivity contribution in [2.24, 2.45) is 23.5 Å². The molecular weight excluding hydrogens is 1710 g/mol. The number of phenolic OH excluding ortho intramolecular Hbond substituents is 1. The van der Waals surface area contributed by atoms with Gasteiger partial charge in [0.15, 0.2) is 5.78 Å². The monoisotopic (exact) mass is 1840 g/mol. The maximum Gasteiger partial charge on any atom is 0.246 e. The molecule has 3 aromatic carbocycles. The van der Waals surface area contributed by atoms with Gasteiger partial charge < -0.3 is 104 Å². The minimum absolute atomic E-state index is 0.00244. The first-order chi connectivity index (χ1) is 62.4. The maximum absolute atomic E-state index is 15.6. The Morgan fingerprint density at radius 3 is 1.72 bits per heavy atom. The summed E-state index contributed by atoms with van der Waals surface area (Å²) < 4.78 is 0. The molecule has 8 rings (SSSR count). The number of aromatic nitrogens is 2. The number of aliphatic hydroxyl groups is 1. The van der Waals surface area contributed by atoms with Crippen molar-refractivity contribution >= 4 is 134 Å². The third kappa shape index (κ3) is 29.8. The molecule has 16 N–H and O–H groups in total. The zero-order chi connectivity index (χ0) is 96.0. The van der Waals surface area contributed by atoms with E-state index < -0.39 is 217 Å². The van der Waals surface area contributed by atoms with Crippen LogP contribution in [0.25, 0.3) is 21.8 Å². The summed E-state index contributed by atoms with van der Waals surface area (Å²) in [5.41, 5.74) is 8.79. The molecule has 37 nitrogen and oxygen atoms in total. The molecule has 3 fully saturated rings.